The molecule has 1 unspecified atom stereocenters. The van der Waals surface area contributed by atoms with E-state index in [0.717, 1.165) is 0 Å². The fraction of sp³-hybridized carbons (Fsp3) is 0.875. The van der Waals surface area contributed by atoms with Crippen molar-refractivity contribution in [2.45, 2.75) is 37.8 Å². The Hall–Kier alpha value is -0.530. The maximum Gasteiger partial charge on any atom is 0.170 e. The van der Waals surface area contributed by atoms with Gasteiger partial charge in [0.25, 0.3) is 0 Å². The molecule has 2 aliphatic carbocycles. The van der Waals surface area contributed by atoms with Crippen molar-refractivity contribution in [3.05, 3.63) is 0 Å². The van der Waals surface area contributed by atoms with Crippen LogP contribution in [0.1, 0.15) is 25.7 Å². The molecule has 2 nitrogen and oxygen atoms in total. The first-order chi connectivity index (χ1) is 4.91. The normalized spacial score (nSPS) is 45.6. The van der Waals surface area contributed by atoms with Gasteiger partial charge in [0.05, 0.1) is 6.04 Å². The molecule has 0 radical (unpaired) electrons. The van der Waals surface area contributed by atoms with Gasteiger partial charge in [-0.2, -0.15) is 0 Å². The van der Waals surface area contributed by atoms with Crippen LogP contribution in [0.5, 0.6) is 0 Å². The van der Waals surface area contributed by atoms with Crippen LogP contribution >= 0.6 is 0 Å². The molecule has 0 saturated heterocycles. The molecule has 10 heavy (non-hydrogen) atoms. The van der Waals surface area contributed by atoms with E-state index in [9.17, 15) is 0 Å². The molecule has 3 rings (SSSR count). The van der Waals surface area contributed by atoms with E-state index in [0.29, 0.717) is 17.6 Å². The van der Waals surface area contributed by atoms with Crippen molar-refractivity contribution >= 4 is 6.40 Å². The van der Waals surface area contributed by atoms with Gasteiger partial charge in [0, 0.05) is 5.41 Å². The Morgan fingerprint density at radius 3 is 3.00 bits per heavy atom. The topological polar surface area (TPSA) is 21.6 Å². The van der Waals surface area contributed by atoms with Crippen molar-refractivity contribution in [3.8, 4) is 0 Å². The van der Waals surface area contributed by atoms with Crippen LogP contribution in [-0.2, 0) is 4.74 Å². The van der Waals surface area contributed by atoms with Gasteiger partial charge in [-0.3, -0.25) is 4.99 Å². The van der Waals surface area contributed by atoms with Crippen LogP contribution in [-0.4, -0.2) is 18.5 Å². The molecule has 0 amide bonds. The van der Waals surface area contributed by atoms with E-state index in [-0.39, 0.29) is 0 Å². The van der Waals surface area contributed by atoms with Crippen LogP contribution in [0.15, 0.2) is 4.99 Å². The Kier molecular flexibility index (Phi) is 0.715. The van der Waals surface area contributed by atoms with Crippen molar-refractivity contribution in [1.29, 1.82) is 0 Å². The average molecular weight is 137 g/mol. The molecule has 54 valence electrons. The summed E-state index contributed by atoms with van der Waals surface area (Å²) in [4.78, 5) is 4.23. The number of rotatable bonds is 0. The quantitative estimate of drug-likeness (QED) is 0.494. The SMILES string of the molecule is C1=N[C@@H]2CC3(CCC3)C2O1. The second-order valence-electron chi connectivity index (χ2n) is 3.80. The molecular formula is C8H11NO. The van der Waals surface area contributed by atoms with Gasteiger partial charge in [-0.15, -0.1) is 0 Å². The number of nitrogens with zero attached hydrogens (tertiary/aromatic N) is 1. The lowest BCUT2D eigenvalue weighted by Crippen LogP contribution is -2.57. The lowest BCUT2D eigenvalue weighted by Gasteiger charge is -2.55. The van der Waals surface area contributed by atoms with Gasteiger partial charge in [0.15, 0.2) is 6.40 Å². The first-order valence-electron chi connectivity index (χ1n) is 4.08. The molecule has 0 aromatic rings. The van der Waals surface area contributed by atoms with Crippen molar-refractivity contribution < 1.29 is 4.74 Å². The van der Waals surface area contributed by atoms with Crippen LogP contribution in [0.25, 0.3) is 0 Å². The summed E-state index contributed by atoms with van der Waals surface area (Å²) in [6, 6.07) is 0.542. The van der Waals surface area contributed by atoms with Crippen molar-refractivity contribution in [1.82, 2.24) is 0 Å². The summed E-state index contributed by atoms with van der Waals surface area (Å²) in [5, 5.41) is 0. The third-order valence-corrected chi connectivity index (χ3v) is 3.38. The third-order valence-electron chi connectivity index (χ3n) is 3.38. The van der Waals surface area contributed by atoms with Crippen LogP contribution in [0, 0.1) is 5.41 Å². The van der Waals surface area contributed by atoms with E-state index < -0.39 is 0 Å². The highest BCUT2D eigenvalue weighted by Gasteiger charge is 2.59. The molecule has 0 aromatic carbocycles. The van der Waals surface area contributed by atoms with Gasteiger partial charge in [-0.25, -0.2) is 0 Å². The first kappa shape index (κ1) is 5.16. The molecule has 3 aliphatic rings. The molecule has 2 fully saturated rings. The van der Waals surface area contributed by atoms with Crippen LogP contribution in [0.3, 0.4) is 0 Å². The summed E-state index contributed by atoms with van der Waals surface area (Å²) in [6.45, 7) is 0. The van der Waals surface area contributed by atoms with Gasteiger partial charge in [0.1, 0.15) is 6.10 Å². The maximum absolute atomic E-state index is 5.42. The Morgan fingerprint density at radius 1 is 1.50 bits per heavy atom. The standard InChI is InChI=1S/C8H11NO/c1-2-8(3-1)4-6-7(8)10-5-9-6/h5-7H,1-4H2/t6-,7?/m1/s1. The Morgan fingerprint density at radius 2 is 2.40 bits per heavy atom. The van der Waals surface area contributed by atoms with E-state index in [2.05, 4.69) is 4.99 Å². The Bertz CT molecular complexity index is 195. The van der Waals surface area contributed by atoms with Crippen LogP contribution in [0.4, 0.5) is 0 Å². The molecule has 0 bridgehead atoms. The Labute approximate surface area is 60.3 Å². The van der Waals surface area contributed by atoms with Gasteiger partial charge in [-0.1, -0.05) is 6.42 Å². The van der Waals surface area contributed by atoms with Gasteiger partial charge in [-0.05, 0) is 19.3 Å². The molecule has 0 aromatic heterocycles. The van der Waals surface area contributed by atoms with Crippen LogP contribution in [0.2, 0.25) is 0 Å². The fourth-order valence-electron chi connectivity index (χ4n) is 2.55. The summed E-state index contributed by atoms with van der Waals surface area (Å²) >= 11 is 0. The minimum atomic E-state index is 0.487. The van der Waals surface area contributed by atoms with E-state index in [1.165, 1.54) is 25.7 Å². The van der Waals surface area contributed by atoms with Gasteiger partial charge in [0.2, 0.25) is 0 Å². The molecule has 1 heterocycles. The Balaban J connectivity index is 1.84. The zero-order valence-corrected chi connectivity index (χ0v) is 5.92. The summed E-state index contributed by atoms with van der Waals surface area (Å²) in [7, 11) is 0. The predicted octanol–water partition coefficient (Wildman–Crippen LogP) is 1.36. The van der Waals surface area contributed by atoms with Crippen molar-refractivity contribution in [2.24, 2.45) is 10.4 Å². The second-order valence-corrected chi connectivity index (χ2v) is 3.80. The first-order valence-corrected chi connectivity index (χ1v) is 4.08. The van der Waals surface area contributed by atoms with Crippen molar-refractivity contribution in [3.63, 3.8) is 0 Å². The largest absolute Gasteiger partial charge is 0.477 e. The number of hydrogen-bond acceptors (Lipinski definition) is 2. The average Bonchev–Trinajstić information content (AvgIpc) is 2.09. The number of hydrogen-bond donors (Lipinski definition) is 0. The molecule has 0 N–H and O–H groups in total. The monoisotopic (exact) mass is 137 g/mol. The molecule has 1 spiro atoms. The summed E-state index contributed by atoms with van der Waals surface area (Å²) < 4.78 is 5.42. The van der Waals surface area contributed by atoms with E-state index in [1.807, 2.05) is 0 Å². The van der Waals surface area contributed by atoms with Crippen LogP contribution < -0.4 is 0 Å². The number of aliphatic imine (C=N–C) groups is 1. The van der Waals surface area contributed by atoms with E-state index in [4.69, 9.17) is 4.74 Å². The van der Waals surface area contributed by atoms with Gasteiger partial charge < -0.3 is 4.74 Å². The maximum atomic E-state index is 5.42. The number of ether oxygens (including phenoxy) is 1. The minimum Gasteiger partial charge on any atom is -0.477 e. The highest BCUT2D eigenvalue weighted by Crippen LogP contribution is 2.59. The molecule has 1 aliphatic heterocycles. The fourth-order valence-corrected chi connectivity index (χ4v) is 2.55. The second kappa shape index (κ2) is 1.39. The number of fused-ring (bicyclic) bond motifs is 2. The molecular weight excluding hydrogens is 126 g/mol. The lowest BCUT2D eigenvalue weighted by molar-refractivity contribution is -0.104. The summed E-state index contributed by atoms with van der Waals surface area (Å²) in [5.41, 5.74) is 0.598. The highest BCUT2D eigenvalue weighted by atomic mass is 16.5. The minimum absolute atomic E-state index is 0.487. The zero-order valence-electron chi connectivity index (χ0n) is 5.92. The third kappa shape index (κ3) is 0.386. The van der Waals surface area contributed by atoms with Crippen molar-refractivity contribution in [2.75, 3.05) is 0 Å². The smallest absolute Gasteiger partial charge is 0.170 e. The van der Waals surface area contributed by atoms with E-state index in [1.54, 1.807) is 6.40 Å². The molecule has 2 heteroatoms. The highest BCUT2D eigenvalue weighted by molar-refractivity contribution is 5.52. The zero-order chi connectivity index (χ0) is 6.60. The molecule has 2 atom stereocenters. The summed E-state index contributed by atoms with van der Waals surface area (Å²) in [6.07, 6.45) is 7.62. The molecule has 2 saturated carbocycles. The van der Waals surface area contributed by atoms with Gasteiger partial charge >= 0.3 is 0 Å². The summed E-state index contributed by atoms with van der Waals surface area (Å²) in [5.74, 6) is 0. The predicted molar refractivity (Wildman–Crippen MR) is 38.1 cm³/mol. The van der Waals surface area contributed by atoms with E-state index >= 15 is 0 Å². The lowest BCUT2D eigenvalue weighted by atomic mass is 9.52.